The number of nitrogens with zero attached hydrogens (tertiary/aromatic N) is 2. The van der Waals surface area contributed by atoms with Crippen LogP contribution < -0.4 is 21.3 Å². The molecule has 0 bridgehead atoms. The highest BCUT2D eigenvalue weighted by molar-refractivity contribution is 6.31. The van der Waals surface area contributed by atoms with Gasteiger partial charge in [-0.15, -0.1) is 0 Å². The number of amides is 6. The van der Waals surface area contributed by atoms with Crippen LogP contribution in [-0.4, -0.2) is 35.3 Å². The van der Waals surface area contributed by atoms with E-state index in [4.69, 9.17) is 32.9 Å². The highest BCUT2D eigenvalue weighted by atomic mass is 35.5. The van der Waals surface area contributed by atoms with E-state index < -0.39 is 58.3 Å². The van der Waals surface area contributed by atoms with Gasteiger partial charge in [-0.05, 0) is 121 Å². The van der Waals surface area contributed by atoms with Gasteiger partial charge >= 0.3 is 12.1 Å². The van der Waals surface area contributed by atoms with Gasteiger partial charge in [0.15, 0.2) is 0 Å². The maximum atomic E-state index is 13.7. The third-order valence-corrected chi connectivity index (χ3v) is 10.8. The number of carbonyl (C=O) groups is 4. The molecule has 2 aliphatic carbocycles. The molecule has 8 rings (SSSR count). The van der Waals surface area contributed by atoms with Crippen molar-refractivity contribution >= 4 is 69.9 Å². The van der Waals surface area contributed by atoms with Crippen LogP contribution in [0.25, 0.3) is 0 Å². The number of benzene rings is 6. The lowest BCUT2D eigenvalue weighted by molar-refractivity contribution is 0.0948. The summed E-state index contributed by atoms with van der Waals surface area (Å²) in [6.45, 7) is 0.447. The molecule has 0 spiro atoms. The van der Waals surface area contributed by atoms with Crippen molar-refractivity contribution in [2.45, 2.75) is 38.9 Å². The third-order valence-electron chi connectivity index (χ3n) is 10.3. The first-order valence-electron chi connectivity index (χ1n) is 21.0. The number of halogens is 6. The van der Waals surface area contributed by atoms with Crippen molar-refractivity contribution in [3.05, 3.63) is 200 Å². The molecule has 2 saturated carbocycles. The molecule has 6 aromatic rings. The Morgan fingerprint density at radius 2 is 0.809 bits per heavy atom. The third kappa shape index (κ3) is 13.7. The lowest BCUT2D eigenvalue weighted by Crippen LogP contribution is -2.35. The number of urea groups is 2. The zero-order valence-electron chi connectivity index (χ0n) is 35.7. The monoisotopic (exact) mass is 966 g/mol. The summed E-state index contributed by atoms with van der Waals surface area (Å²) in [6.07, 6.45) is 4.28. The average Bonchev–Trinajstić information content (AvgIpc) is 4.25. The molecule has 0 saturated heterocycles. The lowest BCUT2D eigenvalue weighted by atomic mass is 10.1. The largest absolute Gasteiger partial charge is 0.391 e. The summed E-state index contributed by atoms with van der Waals surface area (Å²) in [5.41, 5.74) is 4.47. The summed E-state index contributed by atoms with van der Waals surface area (Å²) in [5.74, 6) is -5.82. The second-order valence-electron chi connectivity index (χ2n) is 15.5. The molecule has 0 aliphatic heterocycles. The number of imide groups is 2. The van der Waals surface area contributed by atoms with Crippen LogP contribution in [0.2, 0.25) is 10.0 Å². The van der Waals surface area contributed by atoms with Gasteiger partial charge in [0.05, 0.1) is 11.4 Å². The van der Waals surface area contributed by atoms with Gasteiger partial charge in [-0.1, -0.05) is 94.2 Å². The molecule has 2 aliphatic rings. The number of hydrogen-bond donors (Lipinski definition) is 4. The fraction of sp³-hybridized carbons (Fsp3) is 0.160. The second-order valence-corrected chi connectivity index (χ2v) is 16.3. The molecule has 0 aromatic heterocycles. The Hall–Kier alpha value is -7.56. The number of carbonyl (C=O) groups excluding carboxylic acids is 4. The van der Waals surface area contributed by atoms with Crippen LogP contribution in [0, 0.1) is 35.1 Å². The summed E-state index contributed by atoms with van der Waals surface area (Å²) in [6, 6.07) is 32.4. The van der Waals surface area contributed by atoms with Crippen molar-refractivity contribution < 1.29 is 46.4 Å². The first-order chi connectivity index (χ1) is 32.8. The number of rotatable bonds is 14. The maximum absolute atomic E-state index is 13.7. The summed E-state index contributed by atoms with van der Waals surface area (Å²) in [7, 11) is 0. The van der Waals surface area contributed by atoms with Gasteiger partial charge in [-0.2, -0.15) is 0 Å². The SMILES string of the molecule is O=C(NC(=O)c1c(F)cccc1F)Nc1ccc(CO/N=C(/c2ccc(Cl)cc2)C2CC2)cc1.O=C(NC(=O)c1c(F)cccc1F)Nc1ccc(CO/N=C(\c2ccc(Cl)cc2)C2CC2)cc1. The number of anilines is 2. The lowest BCUT2D eigenvalue weighted by Gasteiger charge is -2.09. The zero-order valence-corrected chi connectivity index (χ0v) is 37.2. The van der Waals surface area contributed by atoms with Crippen LogP contribution in [0.1, 0.15) is 68.7 Å². The van der Waals surface area contributed by atoms with Crippen molar-refractivity contribution in [2.24, 2.45) is 22.1 Å². The Bertz CT molecular complexity index is 2610. The van der Waals surface area contributed by atoms with Crippen molar-refractivity contribution in [3.63, 3.8) is 0 Å². The van der Waals surface area contributed by atoms with Gasteiger partial charge in [-0.3, -0.25) is 20.2 Å². The van der Waals surface area contributed by atoms with E-state index in [0.717, 1.165) is 95.8 Å². The van der Waals surface area contributed by atoms with E-state index in [1.54, 1.807) is 48.5 Å². The standard InChI is InChI=1S/2C25H20ClF2N3O3/c2*26-18-10-8-17(9-11-18)23(16-6-7-16)31-34-14-15-4-12-19(13-5-15)29-25(33)30-24(32)22-20(27)2-1-3-21(22)28/h2*1-5,8-13,16H,6-7,14H2,(H2,29,30,32,33)/b31-23+;31-23-. The quantitative estimate of drug-likeness (QED) is 0.0483. The fourth-order valence-electron chi connectivity index (χ4n) is 6.49. The molecule has 0 atom stereocenters. The Kier molecular flexibility index (Phi) is 16.2. The molecular weight excluding hydrogens is 927 g/mol. The Morgan fingerprint density at radius 1 is 0.485 bits per heavy atom. The topological polar surface area (TPSA) is 160 Å². The summed E-state index contributed by atoms with van der Waals surface area (Å²) >= 11 is 11.9. The van der Waals surface area contributed by atoms with Crippen LogP contribution in [-0.2, 0) is 22.9 Å². The van der Waals surface area contributed by atoms with Gasteiger partial charge < -0.3 is 20.3 Å². The molecule has 18 heteroatoms. The van der Waals surface area contributed by atoms with E-state index >= 15 is 0 Å². The van der Waals surface area contributed by atoms with Gasteiger partial charge in [0, 0.05) is 33.3 Å². The van der Waals surface area contributed by atoms with E-state index in [1.807, 2.05) is 59.2 Å². The predicted molar refractivity (Wildman–Crippen MR) is 250 cm³/mol. The van der Waals surface area contributed by atoms with Crippen LogP contribution in [0.3, 0.4) is 0 Å². The molecule has 348 valence electrons. The van der Waals surface area contributed by atoms with Gasteiger partial charge in [0.25, 0.3) is 11.8 Å². The van der Waals surface area contributed by atoms with Gasteiger partial charge in [0.2, 0.25) is 0 Å². The Morgan fingerprint density at radius 3 is 1.12 bits per heavy atom. The van der Waals surface area contributed by atoms with Crippen molar-refractivity contribution in [1.29, 1.82) is 0 Å². The summed E-state index contributed by atoms with van der Waals surface area (Å²) in [5, 5.41) is 18.6. The molecular formula is C50H40Cl2F4N6O6. The molecule has 12 nitrogen and oxygen atoms in total. The summed E-state index contributed by atoms with van der Waals surface area (Å²) in [4.78, 5) is 59.2. The maximum Gasteiger partial charge on any atom is 0.326 e. The van der Waals surface area contributed by atoms with Crippen molar-refractivity contribution in [1.82, 2.24) is 10.6 Å². The normalized spacial score (nSPS) is 13.3. The van der Waals surface area contributed by atoms with Crippen LogP contribution in [0.5, 0.6) is 0 Å². The molecule has 6 aromatic carbocycles. The zero-order chi connectivity index (χ0) is 48.2. The fourth-order valence-corrected chi connectivity index (χ4v) is 6.74. The minimum Gasteiger partial charge on any atom is -0.391 e. The van der Waals surface area contributed by atoms with Gasteiger partial charge in [0.1, 0.15) is 47.6 Å². The van der Waals surface area contributed by atoms with Crippen LogP contribution in [0.4, 0.5) is 38.5 Å². The van der Waals surface area contributed by atoms with E-state index in [9.17, 15) is 36.7 Å². The van der Waals surface area contributed by atoms with Crippen LogP contribution >= 0.6 is 23.2 Å². The Labute approximate surface area is 397 Å². The smallest absolute Gasteiger partial charge is 0.326 e. The number of hydrogen-bond acceptors (Lipinski definition) is 8. The minimum atomic E-state index is -1.18. The number of oxime groups is 2. The molecule has 0 radical (unpaired) electrons. The van der Waals surface area contributed by atoms with Crippen molar-refractivity contribution in [2.75, 3.05) is 10.6 Å². The van der Waals surface area contributed by atoms with E-state index in [2.05, 4.69) is 20.9 Å². The molecule has 68 heavy (non-hydrogen) atoms. The highest BCUT2D eigenvalue weighted by Gasteiger charge is 2.30. The average molecular weight is 968 g/mol. The molecule has 0 unspecified atom stereocenters. The number of nitrogens with one attached hydrogen (secondary N) is 4. The molecule has 0 heterocycles. The van der Waals surface area contributed by atoms with E-state index in [0.29, 0.717) is 33.3 Å². The molecule has 4 N–H and O–H groups in total. The molecule has 6 amide bonds. The highest BCUT2D eigenvalue weighted by Crippen LogP contribution is 2.35. The van der Waals surface area contributed by atoms with E-state index in [-0.39, 0.29) is 13.2 Å². The first-order valence-corrected chi connectivity index (χ1v) is 21.8. The molecule has 2 fully saturated rings. The predicted octanol–water partition coefficient (Wildman–Crippen LogP) is 11.8. The first kappa shape index (κ1) is 48.4. The Balaban J connectivity index is 0.000000201. The van der Waals surface area contributed by atoms with E-state index in [1.165, 1.54) is 0 Å². The minimum absolute atomic E-state index is 0.224. The van der Waals surface area contributed by atoms with Crippen molar-refractivity contribution in [3.8, 4) is 0 Å². The summed E-state index contributed by atoms with van der Waals surface area (Å²) < 4.78 is 54.7. The van der Waals surface area contributed by atoms with Gasteiger partial charge in [-0.25, -0.2) is 27.2 Å². The second kappa shape index (κ2) is 22.8. The van der Waals surface area contributed by atoms with Crippen LogP contribution in [0.15, 0.2) is 144 Å².